The van der Waals surface area contributed by atoms with Gasteiger partial charge in [-0.3, -0.25) is 0 Å². The molecule has 0 spiro atoms. The summed E-state index contributed by atoms with van der Waals surface area (Å²) in [5.41, 5.74) is 1.91. The van der Waals surface area contributed by atoms with Gasteiger partial charge in [-0.1, -0.05) is 0 Å². The van der Waals surface area contributed by atoms with Crippen LogP contribution in [0.5, 0.6) is 0 Å². The van der Waals surface area contributed by atoms with Crippen molar-refractivity contribution in [3.8, 4) is 0 Å². The topological polar surface area (TPSA) is 30.2 Å². The maximum absolute atomic E-state index is 4.28. The predicted octanol–water partition coefficient (Wildman–Crippen LogP) is 1.64. The van der Waals surface area contributed by atoms with E-state index in [4.69, 9.17) is 0 Å². The van der Waals surface area contributed by atoms with Gasteiger partial charge in [-0.05, 0) is 41.6 Å². The highest BCUT2D eigenvalue weighted by molar-refractivity contribution is 14.1. The van der Waals surface area contributed by atoms with Crippen LogP contribution in [-0.2, 0) is 0 Å². The lowest BCUT2D eigenvalue weighted by molar-refractivity contribution is 0.882. The standard InChI is InChI=1S/C7H6IN3/c1-5-2-3-7-9-4-6(8)11(7)10-5/h2-4H,1H3. The number of halogens is 1. The Kier molecular flexibility index (Phi) is 1.56. The Labute approximate surface area is 77.6 Å². The molecule has 0 fully saturated rings. The molecule has 0 saturated heterocycles. The van der Waals surface area contributed by atoms with E-state index in [2.05, 4.69) is 32.7 Å². The van der Waals surface area contributed by atoms with Crippen molar-refractivity contribution in [1.29, 1.82) is 0 Å². The molecule has 0 amide bonds. The van der Waals surface area contributed by atoms with E-state index in [0.29, 0.717) is 0 Å². The number of fused-ring (bicyclic) bond motifs is 1. The highest BCUT2D eigenvalue weighted by atomic mass is 127. The third kappa shape index (κ3) is 1.11. The Morgan fingerprint density at radius 2 is 2.27 bits per heavy atom. The third-order valence-electron chi connectivity index (χ3n) is 1.45. The Morgan fingerprint density at radius 1 is 1.45 bits per heavy atom. The van der Waals surface area contributed by atoms with E-state index in [-0.39, 0.29) is 0 Å². The summed E-state index contributed by atoms with van der Waals surface area (Å²) in [6, 6.07) is 3.92. The monoisotopic (exact) mass is 259 g/mol. The Morgan fingerprint density at radius 3 is 3.09 bits per heavy atom. The molecule has 2 heterocycles. The van der Waals surface area contributed by atoms with E-state index in [1.54, 1.807) is 0 Å². The Balaban J connectivity index is 2.87. The predicted molar refractivity (Wildman–Crippen MR) is 50.4 cm³/mol. The summed E-state index contributed by atoms with van der Waals surface area (Å²) in [7, 11) is 0. The minimum atomic E-state index is 0.903. The summed E-state index contributed by atoms with van der Waals surface area (Å²) in [6.45, 7) is 1.97. The van der Waals surface area contributed by atoms with E-state index in [1.807, 2.05) is 29.8 Å². The molecule has 0 unspecified atom stereocenters. The van der Waals surface area contributed by atoms with Gasteiger partial charge in [0.05, 0.1) is 11.9 Å². The number of hydrogen-bond donors (Lipinski definition) is 0. The van der Waals surface area contributed by atoms with Gasteiger partial charge >= 0.3 is 0 Å². The summed E-state index contributed by atoms with van der Waals surface area (Å²) in [5, 5.41) is 4.28. The fourth-order valence-electron chi connectivity index (χ4n) is 0.937. The largest absolute Gasteiger partial charge is 0.234 e. The second kappa shape index (κ2) is 2.44. The van der Waals surface area contributed by atoms with Crippen molar-refractivity contribution in [3.05, 3.63) is 27.7 Å². The summed E-state index contributed by atoms with van der Waals surface area (Å²) in [5.74, 6) is 0. The Bertz CT molecular complexity index is 393. The molecule has 3 nitrogen and oxygen atoms in total. The fourth-order valence-corrected chi connectivity index (χ4v) is 1.43. The fraction of sp³-hybridized carbons (Fsp3) is 0.143. The first-order chi connectivity index (χ1) is 5.27. The summed E-state index contributed by atoms with van der Waals surface area (Å²) >= 11 is 2.21. The van der Waals surface area contributed by atoms with Crippen molar-refractivity contribution >= 4 is 28.2 Å². The van der Waals surface area contributed by atoms with E-state index in [1.165, 1.54) is 0 Å². The molecule has 56 valence electrons. The van der Waals surface area contributed by atoms with Crippen LogP contribution in [0.2, 0.25) is 0 Å². The van der Waals surface area contributed by atoms with Crippen LogP contribution in [0, 0.1) is 10.6 Å². The van der Waals surface area contributed by atoms with Crippen LogP contribution in [0.15, 0.2) is 18.3 Å². The van der Waals surface area contributed by atoms with E-state index in [9.17, 15) is 0 Å². The number of aryl methyl sites for hydroxylation is 1. The molecule has 2 rings (SSSR count). The van der Waals surface area contributed by atoms with Crippen LogP contribution >= 0.6 is 22.6 Å². The molecule has 0 aliphatic carbocycles. The van der Waals surface area contributed by atoms with Crippen molar-refractivity contribution in [1.82, 2.24) is 14.6 Å². The highest BCUT2D eigenvalue weighted by Crippen LogP contribution is 2.06. The number of imidazole rings is 1. The number of hydrogen-bond acceptors (Lipinski definition) is 2. The molecule has 0 saturated carbocycles. The smallest absolute Gasteiger partial charge is 0.154 e. The van der Waals surface area contributed by atoms with Crippen LogP contribution < -0.4 is 0 Å². The molecule has 0 aromatic carbocycles. The van der Waals surface area contributed by atoms with Crippen LogP contribution in [-0.4, -0.2) is 14.6 Å². The van der Waals surface area contributed by atoms with Gasteiger partial charge < -0.3 is 0 Å². The average Bonchev–Trinajstić information content (AvgIpc) is 2.33. The molecule has 2 aromatic rings. The molecule has 11 heavy (non-hydrogen) atoms. The van der Waals surface area contributed by atoms with E-state index in [0.717, 1.165) is 15.0 Å². The third-order valence-corrected chi connectivity index (χ3v) is 2.19. The lowest BCUT2D eigenvalue weighted by Crippen LogP contribution is -1.94. The summed E-state index contributed by atoms with van der Waals surface area (Å²) in [4.78, 5) is 4.15. The zero-order valence-electron chi connectivity index (χ0n) is 5.95. The average molecular weight is 259 g/mol. The van der Waals surface area contributed by atoms with E-state index >= 15 is 0 Å². The normalized spacial score (nSPS) is 10.7. The molecular weight excluding hydrogens is 253 g/mol. The highest BCUT2D eigenvalue weighted by Gasteiger charge is 1.99. The molecule has 0 aliphatic rings. The molecule has 0 bridgehead atoms. The van der Waals surface area contributed by atoms with Crippen LogP contribution in [0.3, 0.4) is 0 Å². The SMILES string of the molecule is Cc1ccc2ncc(I)n2n1. The van der Waals surface area contributed by atoms with Crippen LogP contribution in [0.25, 0.3) is 5.65 Å². The van der Waals surface area contributed by atoms with Crippen molar-refractivity contribution in [3.63, 3.8) is 0 Å². The van der Waals surface area contributed by atoms with Crippen LogP contribution in [0.1, 0.15) is 5.69 Å². The lowest BCUT2D eigenvalue weighted by Gasteiger charge is -1.94. The zero-order chi connectivity index (χ0) is 7.84. The quantitative estimate of drug-likeness (QED) is 0.673. The molecule has 0 N–H and O–H groups in total. The minimum absolute atomic E-state index is 0.903. The number of rotatable bonds is 0. The van der Waals surface area contributed by atoms with E-state index < -0.39 is 0 Å². The molecular formula is C7H6IN3. The minimum Gasteiger partial charge on any atom is -0.234 e. The van der Waals surface area contributed by atoms with Gasteiger partial charge in [0.1, 0.15) is 3.70 Å². The number of aromatic nitrogens is 3. The van der Waals surface area contributed by atoms with Crippen LogP contribution in [0.4, 0.5) is 0 Å². The van der Waals surface area contributed by atoms with Gasteiger partial charge in [0.25, 0.3) is 0 Å². The second-order valence-corrected chi connectivity index (χ2v) is 3.43. The maximum Gasteiger partial charge on any atom is 0.154 e. The van der Waals surface area contributed by atoms with Crippen molar-refractivity contribution in [2.45, 2.75) is 6.92 Å². The van der Waals surface area contributed by atoms with Gasteiger partial charge in [0, 0.05) is 0 Å². The van der Waals surface area contributed by atoms with Gasteiger partial charge in [-0.15, -0.1) is 0 Å². The maximum atomic E-state index is 4.28. The molecule has 2 aromatic heterocycles. The first-order valence-corrected chi connectivity index (χ1v) is 4.32. The first kappa shape index (κ1) is 7.02. The molecule has 4 heteroatoms. The van der Waals surface area contributed by atoms with Gasteiger partial charge in [0.2, 0.25) is 0 Å². The zero-order valence-corrected chi connectivity index (χ0v) is 8.11. The summed E-state index contributed by atoms with van der Waals surface area (Å²) < 4.78 is 2.87. The molecule has 0 atom stereocenters. The molecule has 0 aliphatic heterocycles. The summed E-state index contributed by atoms with van der Waals surface area (Å²) in [6.07, 6.45) is 1.81. The van der Waals surface area contributed by atoms with Crippen molar-refractivity contribution in [2.24, 2.45) is 0 Å². The Hall–Kier alpha value is -0.650. The van der Waals surface area contributed by atoms with Crippen molar-refractivity contribution in [2.75, 3.05) is 0 Å². The van der Waals surface area contributed by atoms with Gasteiger partial charge in [-0.25, -0.2) is 9.50 Å². The second-order valence-electron chi connectivity index (χ2n) is 2.33. The first-order valence-electron chi connectivity index (χ1n) is 3.24. The van der Waals surface area contributed by atoms with Gasteiger partial charge in [-0.2, -0.15) is 5.10 Å². The lowest BCUT2D eigenvalue weighted by atomic mass is 10.4. The van der Waals surface area contributed by atoms with Gasteiger partial charge in [0.15, 0.2) is 5.65 Å². The molecule has 0 radical (unpaired) electrons. The van der Waals surface area contributed by atoms with Crippen molar-refractivity contribution < 1.29 is 0 Å². The number of nitrogens with zero attached hydrogens (tertiary/aromatic N) is 3.